The molecule has 0 aliphatic carbocycles. The Bertz CT molecular complexity index is 374. The second-order valence-corrected chi connectivity index (χ2v) is 5.82. The molecular formula is C15H24BrNO3. The quantitative estimate of drug-likeness (QED) is 0.640. The predicted molar refractivity (Wildman–Crippen MR) is 84.2 cm³/mol. The Kier molecular flexibility index (Phi) is 8.85. The molecule has 0 aliphatic heterocycles. The lowest BCUT2D eigenvalue weighted by Gasteiger charge is -2.13. The standard InChI is InChI=1S/C15H24BrNO3/c1-12(2)19-8-4-7-17-10-14(18)11-20-15-6-3-5-13(16)9-15/h3,5-6,9,12,14,17-18H,4,7-8,10-11H2,1-2H3/t14-/m0/s1. The molecule has 0 heterocycles. The van der Waals surface area contributed by atoms with Gasteiger partial charge in [0.15, 0.2) is 0 Å². The molecule has 20 heavy (non-hydrogen) atoms. The van der Waals surface area contributed by atoms with E-state index in [1.54, 1.807) is 0 Å². The third-order valence-electron chi connectivity index (χ3n) is 2.57. The molecule has 0 saturated heterocycles. The molecule has 1 aromatic rings. The van der Waals surface area contributed by atoms with Crippen molar-refractivity contribution in [2.45, 2.75) is 32.5 Å². The summed E-state index contributed by atoms with van der Waals surface area (Å²) in [5.41, 5.74) is 0. The molecule has 0 amide bonds. The Labute approximate surface area is 129 Å². The van der Waals surface area contributed by atoms with Crippen LogP contribution in [0.5, 0.6) is 5.75 Å². The minimum Gasteiger partial charge on any atom is -0.491 e. The maximum absolute atomic E-state index is 9.79. The average molecular weight is 346 g/mol. The number of halogens is 1. The van der Waals surface area contributed by atoms with E-state index in [0.717, 1.165) is 29.8 Å². The van der Waals surface area contributed by atoms with E-state index in [-0.39, 0.29) is 12.7 Å². The van der Waals surface area contributed by atoms with E-state index in [4.69, 9.17) is 9.47 Å². The Hall–Kier alpha value is -0.620. The molecule has 0 radical (unpaired) electrons. The van der Waals surface area contributed by atoms with E-state index in [1.165, 1.54) is 0 Å². The van der Waals surface area contributed by atoms with Gasteiger partial charge < -0.3 is 19.9 Å². The molecule has 0 spiro atoms. The fraction of sp³-hybridized carbons (Fsp3) is 0.600. The first kappa shape index (κ1) is 17.4. The van der Waals surface area contributed by atoms with Gasteiger partial charge in [0.2, 0.25) is 0 Å². The monoisotopic (exact) mass is 345 g/mol. The minimum absolute atomic E-state index is 0.277. The molecule has 0 saturated carbocycles. The van der Waals surface area contributed by atoms with Gasteiger partial charge in [0.25, 0.3) is 0 Å². The maximum atomic E-state index is 9.79. The van der Waals surface area contributed by atoms with Gasteiger partial charge in [-0.1, -0.05) is 22.0 Å². The van der Waals surface area contributed by atoms with Gasteiger partial charge in [-0.2, -0.15) is 0 Å². The van der Waals surface area contributed by atoms with Crippen LogP contribution in [-0.4, -0.2) is 43.6 Å². The van der Waals surface area contributed by atoms with Crippen molar-refractivity contribution in [1.82, 2.24) is 5.32 Å². The van der Waals surface area contributed by atoms with Crippen LogP contribution in [0.25, 0.3) is 0 Å². The Morgan fingerprint density at radius 2 is 2.15 bits per heavy atom. The molecule has 5 heteroatoms. The SMILES string of the molecule is CC(C)OCCCNC[C@H](O)COc1cccc(Br)c1. The molecule has 0 fully saturated rings. The van der Waals surface area contributed by atoms with E-state index in [1.807, 2.05) is 38.1 Å². The van der Waals surface area contributed by atoms with Crippen molar-refractivity contribution < 1.29 is 14.6 Å². The second-order valence-electron chi connectivity index (χ2n) is 4.90. The number of aliphatic hydroxyl groups is 1. The van der Waals surface area contributed by atoms with Crippen molar-refractivity contribution >= 4 is 15.9 Å². The molecule has 0 aliphatic rings. The molecule has 0 unspecified atom stereocenters. The largest absolute Gasteiger partial charge is 0.491 e. The van der Waals surface area contributed by atoms with Gasteiger partial charge in [-0.05, 0) is 45.0 Å². The molecule has 2 N–H and O–H groups in total. The highest BCUT2D eigenvalue weighted by Gasteiger charge is 2.05. The normalized spacial score (nSPS) is 12.7. The van der Waals surface area contributed by atoms with Gasteiger partial charge in [-0.25, -0.2) is 0 Å². The maximum Gasteiger partial charge on any atom is 0.120 e. The Balaban J connectivity index is 2.04. The zero-order valence-corrected chi connectivity index (χ0v) is 13.7. The molecule has 0 aromatic heterocycles. The van der Waals surface area contributed by atoms with Crippen LogP contribution in [-0.2, 0) is 4.74 Å². The topological polar surface area (TPSA) is 50.7 Å². The zero-order valence-electron chi connectivity index (χ0n) is 12.1. The number of hydrogen-bond acceptors (Lipinski definition) is 4. The van der Waals surface area contributed by atoms with Crippen LogP contribution in [0.3, 0.4) is 0 Å². The van der Waals surface area contributed by atoms with Crippen molar-refractivity contribution in [3.05, 3.63) is 28.7 Å². The first-order valence-electron chi connectivity index (χ1n) is 6.96. The van der Waals surface area contributed by atoms with Gasteiger partial charge >= 0.3 is 0 Å². The fourth-order valence-electron chi connectivity index (χ4n) is 1.59. The van der Waals surface area contributed by atoms with Crippen LogP contribution in [0.15, 0.2) is 28.7 Å². The Morgan fingerprint density at radius 3 is 2.85 bits per heavy atom. The van der Waals surface area contributed by atoms with E-state index in [9.17, 15) is 5.11 Å². The molecule has 4 nitrogen and oxygen atoms in total. The number of hydrogen-bond donors (Lipinski definition) is 2. The van der Waals surface area contributed by atoms with E-state index in [0.29, 0.717) is 6.54 Å². The highest BCUT2D eigenvalue weighted by Crippen LogP contribution is 2.17. The lowest BCUT2D eigenvalue weighted by Crippen LogP contribution is -2.32. The summed E-state index contributed by atoms with van der Waals surface area (Å²) >= 11 is 3.38. The van der Waals surface area contributed by atoms with E-state index in [2.05, 4.69) is 21.2 Å². The van der Waals surface area contributed by atoms with E-state index < -0.39 is 6.10 Å². The molecule has 114 valence electrons. The van der Waals surface area contributed by atoms with Crippen molar-refractivity contribution in [2.24, 2.45) is 0 Å². The summed E-state index contributed by atoms with van der Waals surface area (Å²) in [6.07, 6.45) is 0.705. The van der Waals surface area contributed by atoms with E-state index >= 15 is 0 Å². The summed E-state index contributed by atoms with van der Waals surface area (Å²) in [4.78, 5) is 0. The lowest BCUT2D eigenvalue weighted by atomic mass is 10.3. The summed E-state index contributed by atoms with van der Waals surface area (Å²) in [5, 5.41) is 13.0. The number of nitrogens with one attached hydrogen (secondary N) is 1. The van der Waals surface area contributed by atoms with Gasteiger partial charge in [0, 0.05) is 17.6 Å². The third kappa shape index (κ3) is 8.53. The highest BCUT2D eigenvalue weighted by atomic mass is 79.9. The minimum atomic E-state index is -0.514. The van der Waals surface area contributed by atoms with Gasteiger partial charge in [0.1, 0.15) is 18.5 Å². The summed E-state index contributed by atoms with van der Waals surface area (Å²) in [6, 6.07) is 7.58. The van der Waals surface area contributed by atoms with Crippen molar-refractivity contribution in [1.29, 1.82) is 0 Å². The van der Waals surface area contributed by atoms with Crippen LogP contribution in [0, 0.1) is 0 Å². The molecule has 1 rings (SSSR count). The van der Waals surface area contributed by atoms with Crippen LogP contribution < -0.4 is 10.1 Å². The van der Waals surface area contributed by atoms with Crippen LogP contribution >= 0.6 is 15.9 Å². The molecular weight excluding hydrogens is 322 g/mol. The van der Waals surface area contributed by atoms with Gasteiger partial charge in [0.05, 0.1) is 6.10 Å². The summed E-state index contributed by atoms with van der Waals surface area (Å²) in [6.45, 7) is 6.44. The summed E-state index contributed by atoms with van der Waals surface area (Å²) in [7, 11) is 0. The smallest absolute Gasteiger partial charge is 0.120 e. The second kappa shape index (κ2) is 10.2. The van der Waals surface area contributed by atoms with Crippen molar-refractivity contribution in [3.63, 3.8) is 0 Å². The van der Waals surface area contributed by atoms with Crippen molar-refractivity contribution in [3.8, 4) is 5.75 Å². The summed E-state index contributed by atoms with van der Waals surface area (Å²) < 4.78 is 11.9. The molecule has 0 bridgehead atoms. The average Bonchev–Trinajstić information content (AvgIpc) is 2.40. The van der Waals surface area contributed by atoms with Crippen LogP contribution in [0.2, 0.25) is 0 Å². The van der Waals surface area contributed by atoms with Gasteiger partial charge in [-0.3, -0.25) is 0 Å². The number of rotatable bonds is 10. The lowest BCUT2D eigenvalue weighted by molar-refractivity contribution is 0.0749. The zero-order chi connectivity index (χ0) is 14.8. The predicted octanol–water partition coefficient (Wildman–Crippen LogP) is 2.59. The number of ether oxygens (including phenoxy) is 2. The highest BCUT2D eigenvalue weighted by molar-refractivity contribution is 9.10. The molecule has 1 atom stereocenters. The number of benzene rings is 1. The fourth-order valence-corrected chi connectivity index (χ4v) is 1.97. The van der Waals surface area contributed by atoms with Gasteiger partial charge in [-0.15, -0.1) is 0 Å². The first-order chi connectivity index (χ1) is 9.58. The number of aliphatic hydroxyl groups excluding tert-OH is 1. The van der Waals surface area contributed by atoms with Crippen LogP contribution in [0.1, 0.15) is 20.3 Å². The van der Waals surface area contributed by atoms with Crippen LogP contribution in [0.4, 0.5) is 0 Å². The van der Waals surface area contributed by atoms with Crippen molar-refractivity contribution in [2.75, 3.05) is 26.3 Å². The third-order valence-corrected chi connectivity index (χ3v) is 3.06. The first-order valence-corrected chi connectivity index (χ1v) is 7.76. The Morgan fingerprint density at radius 1 is 1.35 bits per heavy atom. The molecule has 1 aromatic carbocycles. The summed E-state index contributed by atoms with van der Waals surface area (Å²) in [5.74, 6) is 0.753.